The highest BCUT2D eigenvalue weighted by atomic mass is 35.5. The fourth-order valence-corrected chi connectivity index (χ4v) is 6.49. The van der Waals surface area contributed by atoms with E-state index in [1.807, 2.05) is 36.6 Å². The van der Waals surface area contributed by atoms with Gasteiger partial charge in [0.15, 0.2) is 0 Å². The van der Waals surface area contributed by atoms with Gasteiger partial charge in [0.2, 0.25) is 0 Å². The highest BCUT2D eigenvalue weighted by Gasteiger charge is 2.33. The van der Waals surface area contributed by atoms with Crippen LogP contribution in [0.25, 0.3) is 10.4 Å². The Morgan fingerprint density at radius 1 is 1.07 bits per heavy atom. The van der Waals surface area contributed by atoms with Gasteiger partial charge in [-0.25, -0.2) is 4.39 Å². The van der Waals surface area contributed by atoms with Crippen molar-refractivity contribution in [2.75, 3.05) is 36.5 Å². The summed E-state index contributed by atoms with van der Waals surface area (Å²) >= 11 is 8.10. The zero-order chi connectivity index (χ0) is 27.8. The van der Waals surface area contributed by atoms with Crippen LogP contribution < -0.4 is 10.2 Å². The van der Waals surface area contributed by atoms with Gasteiger partial charge in [0, 0.05) is 47.0 Å². The molecule has 4 aromatic rings. The van der Waals surface area contributed by atoms with Crippen molar-refractivity contribution in [1.82, 2.24) is 4.90 Å². The van der Waals surface area contributed by atoms with Gasteiger partial charge in [-0.2, -0.15) is 0 Å². The Hall–Kier alpha value is -3.56. The number of aryl methyl sites for hydroxylation is 1. The molecule has 0 aliphatic carbocycles. The van der Waals surface area contributed by atoms with Gasteiger partial charge in [-0.15, -0.1) is 11.3 Å². The Kier molecular flexibility index (Phi) is 7.42. The fourth-order valence-electron chi connectivity index (χ4n) is 5.29. The quantitative estimate of drug-likeness (QED) is 0.297. The molecule has 2 aliphatic rings. The number of para-hydroxylation sites is 1. The number of halogens is 2. The Morgan fingerprint density at radius 2 is 1.90 bits per heavy atom. The molecule has 1 saturated heterocycles. The second-order valence-electron chi connectivity index (χ2n) is 10.1. The summed E-state index contributed by atoms with van der Waals surface area (Å²) in [7, 11) is 0. The maximum Gasteiger partial charge on any atom is 0.259 e. The molecule has 1 atom stereocenters. The van der Waals surface area contributed by atoms with Crippen LogP contribution in [0.5, 0.6) is 0 Å². The van der Waals surface area contributed by atoms with Crippen LogP contribution in [-0.4, -0.2) is 49.1 Å². The maximum absolute atomic E-state index is 14.1. The minimum atomic E-state index is -0.415. The lowest BCUT2D eigenvalue weighted by atomic mass is 10.0. The number of nitrogens with one attached hydrogen (secondary N) is 1. The SMILES string of the molecule is Cc1csc(-c2cc(F)ccc2C(=O)Nc2ccc(C(=O)N3CC4COCCN4Cc4ccccc43)c(Cl)c2)c1. The molecule has 0 saturated carbocycles. The number of benzene rings is 3. The van der Waals surface area contributed by atoms with E-state index in [0.717, 1.165) is 34.8 Å². The van der Waals surface area contributed by atoms with Gasteiger partial charge in [-0.3, -0.25) is 14.5 Å². The van der Waals surface area contributed by atoms with Crippen LogP contribution >= 0.6 is 22.9 Å². The number of anilines is 2. The van der Waals surface area contributed by atoms with Crippen molar-refractivity contribution in [3.05, 3.63) is 105 Å². The first-order valence-electron chi connectivity index (χ1n) is 13.0. The van der Waals surface area contributed by atoms with E-state index in [-0.39, 0.29) is 17.0 Å². The summed E-state index contributed by atoms with van der Waals surface area (Å²) < 4.78 is 19.8. The summed E-state index contributed by atoms with van der Waals surface area (Å²) in [6, 6.07) is 18.9. The number of nitrogens with zero attached hydrogens (tertiary/aromatic N) is 2. The van der Waals surface area contributed by atoms with Crippen molar-refractivity contribution < 1.29 is 18.7 Å². The molecule has 9 heteroatoms. The summed E-state index contributed by atoms with van der Waals surface area (Å²) in [5.74, 6) is -1.02. The van der Waals surface area contributed by atoms with Crippen LogP contribution in [-0.2, 0) is 11.3 Å². The zero-order valence-electron chi connectivity index (χ0n) is 21.8. The second-order valence-corrected chi connectivity index (χ2v) is 11.4. The van der Waals surface area contributed by atoms with Gasteiger partial charge < -0.3 is 15.0 Å². The van der Waals surface area contributed by atoms with Gasteiger partial charge >= 0.3 is 0 Å². The molecule has 204 valence electrons. The summed E-state index contributed by atoms with van der Waals surface area (Å²) in [6.07, 6.45) is 0. The fraction of sp³-hybridized carbons (Fsp3) is 0.226. The normalized spacial score (nSPS) is 17.1. The topological polar surface area (TPSA) is 61.9 Å². The molecule has 0 spiro atoms. The van der Waals surface area contributed by atoms with Gasteiger partial charge in [0.1, 0.15) is 5.82 Å². The summed E-state index contributed by atoms with van der Waals surface area (Å²) in [5.41, 5.74) is 4.63. The first kappa shape index (κ1) is 26.7. The molecule has 0 radical (unpaired) electrons. The Labute approximate surface area is 240 Å². The summed E-state index contributed by atoms with van der Waals surface area (Å²) in [6.45, 7) is 5.25. The lowest BCUT2D eigenvalue weighted by Crippen LogP contribution is -2.50. The number of fused-ring (bicyclic) bond motifs is 2. The minimum absolute atomic E-state index is 0.0828. The predicted molar refractivity (Wildman–Crippen MR) is 157 cm³/mol. The summed E-state index contributed by atoms with van der Waals surface area (Å²) in [4.78, 5) is 32.1. The Morgan fingerprint density at radius 3 is 2.70 bits per heavy atom. The third-order valence-corrected chi connectivity index (χ3v) is 8.72. The van der Waals surface area contributed by atoms with Crippen LogP contribution in [0.3, 0.4) is 0 Å². The van der Waals surface area contributed by atoms with Crippen LogP contribution in [0.1, 0.15) is 31.8 Å². The van der Waals surface area contributed by atoms with E-state index in [9.17, 15) is 14.0 Å². The highest BCUT2D eigenvalue weighted by molar-refractivity contribution is 7.13. The Balaban J connectivity index is 1.26. The third-order valence-electron chi connectivity index (χ3n) is 7.32. The van der Waals surface area contributed by atoms with Gasteiger partial charge in [-0.1, -0.05) is 29.8 Å². The number of amides is 2. The number of morpholine rings is 1. The number of hydrogen-bond donors (Lipinski definition) is 1. The van der Waals surface area contributed by atoms with E-state index < -0.39 is 11.7 Å². The molecule has 0 bridgehead atoms. The van der Waals surface area contributed by atoms with Crippen molar-refractivity contribution >= 4 is 46.1 Å². The molecule has 3 heterocycles. The number of carbonyl (C=O) groups excluding carboxylic acids is 2. The molecule has 1 fully saturated rings. The molecule has 1 N–H and O–H groups in total. The largest absolute Gasteiger partial charge is 0.378 e. The Bertz CT molecular complexity index is 1610. The smallest absolute Gasteiger partial charge is 0.259 e. The molecule has 1 unspecified atom stereocenters. The molecular formula is C31H27ClFN3O3S. The number of rotatable bonds is 4. The van der Waals surface area contributed by atoms with Crippen LogP contribution in [0.2, 0.25) is 5.02 Å². The van der Waals surface area contributed by atoms with Crippen molar-refractivity contribution in [3.8, 4) is 10.4 Å². The number of thiophene rings is 1. The van der Waals surface area contributed by atoms with Crippen molar-refractivity contribution in [2.45, 2.75) is 19.5 Å². The highest BCUT2D eigenvalue weighted by Crippen LogP contribution is 2.33. The summed E-state index contributed by atoms with van der Waals surface area (Å²) in [5, 5.41) is 5.04. The molecule has 3 aromatic carbocycles. The lowest BCUT2D eigenvalue weighted by molar-refractivity contribution is -0.00653. The number of carbonyl (C=O) groups is 2. The van der Waals surface area contributed by atoms with E-state index in [1.54, 1.807) is 23.1 Å². The van der Waals surface area contributed by atoms with E-state index in [2.05, 4.69) is 16.3 Å². The molecular weight excluding hydrogens is 549 g/mol. The average Bonchev–Trinajstić information content (AvgIpc) is 3.30. The lowest BCUT2D eigenvalue weighted by Gasteiger charge is -2.35. The van der Waals surface area contributed by atoms with E-state index in [1.165, 1.54) is 29.5 Å². The van der Waals surface area contributed by atoms with Crippen molar-refractivity contribution in [3.63, 3.8) is 0 Å². The van der Waals surface area contributed by atoms with Crippen molar-refractivity contribution in [1.29, 1.82) is 0 Å². The third kappa shape index (κ3) is 5.28. The first-order valence-corrected chi connectivity index (χ1v) is 14.3. The molecule has 6 nitrogen and oxygen atoms in total. The number of ether oxygens (including phenoxy) is 1. The molecule has 2 aliphatic heterocycles. The monoisotopic (exact) mass is 575 g/mol. The standard InChI is InChI=1S/C31H27ClFN3O3S/c1-19-12-29(40-18-19)26-13-21(33)6-8-24(26)30(37)34-22-7-9-25(27(32)14-22)31(38)36-16-23-17-39-11-10-35(23)15-20-4-2-3-5-28(20)36/h2-9,12-14,18,23H,10-11,15-17H2,1H3,(H,34,37). The molecule has 6 rings (SSSR count). The first-order chi connectivity index (χ1) is 19.4. The van der Waals surface area contributed by atoms with E-state index in [4.69, 9.17) is 16.3 Å². The van der Waals surface area contributed by atoms with Gasteiger partial charge in [0.25, 0.3) is 11.8 Å². The molecule has 2 amide bonds. The second kappa shape index (κ2) is 11.1. The van der Waals surface area contributed by atoms with E-state index in [0.29, 0.717) is 42.1 Å². The molecule has 40 heavy (non-hydrogen) atoms. The molecule has 1 aromatic heterocycles. The number of hydrogen-bond acceptors (Lipinski definition) is 5. The van der Waals surface area contributed by atoms with Gasteiger partial charge in [0.05, 0.1) is 29.8 Å². The average molecular weight is 576 g/mol. The van der Waals surface area contributed by atoms with Crippen LogP contribution in [0, 0.1) is 12.7 Å². The minimum Gasteiger partial charge on any atom is -0.378 e. The van der Waals surface area contributed by atoms with Crippen LogP contribution in [0.15, 0.2) is 72.1 Å². The maximum atomic E-state index is 14.1. The van der Waals surface area contributed by atoms with E-state index >= 15 is 0 Å². The van der Waals surface area contributed by atoms with Crippen molar-refractivity contribution in [2.24, 2.45) is 0 Å². The zero-order valence-corrected chi connectivity index (χ0v) is 23.4. The van der Waals surface area contributed by atoms with Crippen LogP contribution in [0.4, 0.5) is 15.8 Å². The predicted octanol–water partition coefficient (Wildman–Crippen LogP) is 6.63. The van der Waals surface area contributed by atoms with Gasteiger partial charge in [-0.05, 0) is 72.0 Å².